The number of rotatable bonds is 14. The van der Waals surface area contributed by atoms with E-state index in [9.17, 15) is 33.2 Å². The molecule has 22 heteroatoms. The molecule has 9 amide bonds. The maximum atomic E-state index is 15.5. The van der Waals surface area contributed by atoms with Gasteiger partial charge < -0.3 is 55.2 Å². The Balaban J connectivity index is 1.42. The third-order valence-corrected chi connectivity index (χ3v) is 19.3. The molecule has 0 spiro atoms. The third-order valence-electron chi connectivity index (χ3n) is 18.9. The van der Waals surface area contributed by atoms with Crippen molar-refractivity contribution in [3.8, 4) is 0 Å². The van der Waals surface area contributed by atoms with Gasteiger partial charge in [0.05, 0.1) is 13.2 Å². The second-order valence-electron chi connectivity index (χ2n) is 24.6. The molecule has 8 atom stereocenters. The molecule has 0 unspecified atom stereocenters. The van der Waals surface area contributed by atoms with Crippen molar-refractivity contribution in [1.29, 1.82) is 0 Å². The predicted molar refractivity (Wildman–Crippen MR) is 304 cm³/mol. The monoisotopic (exact) mass is 1160 g/mol. The first kappa shape index (κ1) is 65.5. The molecule has 6 aliphatic rings. The predicted octanol–water partition coefficient (Wildman–Crippen LogP) is 4.62. The van der Waals surface area contributed by atoms with Crippen molar-refractivity contribution in [2.24, 2.45) is 23.7 Å². The number of nitrogens with zero attached hydrogens (tertiary/aromatic N) is 5. The largest absolute Gasteiger partial charge is 0.385 e. The van der Waals surface area contributed by atoms with Crippen molar-refractivity contribution in [2.75, 3.05) is 68.2 Å². The summed E-state index contributed by atoms with van der Waals surface area (Å²) < 4.78 is 25.2. The van der Waals surface area contributed by atoms with E-state index >= 15 is 14.4 Å². The minimum atomic E-state index is -1.19. The fourth-order valence-corrected chi connectivity index (χ4v) is 13.7. The van der Waals surface area contributed by atoms with Crippen LogP contribution in [0.25, 0.3) is 0 Å². The number of carbonyl (C=O) groups is 9. The lowest BCUT2D eigenvalue weighted by Crippen LogP contribution is -2.60. The minimum absolute atomic E-state index is 0.00950. The van der Waals surface area contributed by atoms with Crippen molar-refractivity contribution in [3.63, 3.8) is 0 Å². The number of methoxy groups -OCH3 is 2. The molecule has 0 bridgehead atoms. The van der Waals surface area contributed by atoms with Crippen LogP contribution < -0.4 is 21.3 Å². The van der Waals surface area contributed by atoms with Crippen LogP contribution in [0.4, 0.5) is 4.39 Å². The van der Waals surface area contributed by atoms with E-state index in [0.717, 1.165) is 83.5 Å². The second-order valence-corrected chi connectivity index (χ2v) is 25.2. The molecule has 81 heavy (non-hydrogen) atoms. The summed E-state index contributed by atoms with van der Waals surface area (Å²) in [6.07, 6.45) is 13.7. The molecule has 0 aromatic rings. The van der Waals surface area contributed by atoms with Crippen LogP contribution in [0.1, 0.15) is 168 Å². The zero-order valence-corrected chi connectivity index (χ0v) is 50.3. The average Bonchev–Trinajstić information content (AvgIpc) is 4.20. The van der Waals surface area contributed by atoms with Crippen molar-refractivity contribution in [1.82, 2.24) is 45.8 Å². The number of amides is 9. The molecule has 0 radical (unpaired) electrons. The van der Waals surface area contributed by atoms with Gasteiger partial charge in [0.1, 0.15) is 54.5 Å². The van der Waals surface area contributed by atoms with Crippen molar-refractivity contribution >= 4 is 64.8 Å². The van der Waals surface area contributed by atoms with Crippen LogP contribution in [-0.2, 0) is 52.6 Å². The Morgan fingerprint density at radius 2 is 0.975 bits per heavy atom. The van der Waals surface area contributed by atoms with Gasteiger partial charge in [0, 0.05) is 60.4 Å². The van der Waals surface area contributed by atoms with E-state index in [1.807, 2.05) is 0 Å². The van der Waals surface area contributed by atoms with Gasteiger partial charge in [0.2, 0.25) is 53.2 Å². The summed E-state index contributed by atoms with van der Waals surface area (Å²) in [6, 6.07) is -8.87. The molecular formula is C59H97ClFN9O11. The standard InChI is InChI=1S/C59H97ClFN9O11/c1-37-55(75)66(3)38(2)56(76)69(29-31-81-7)36-51(71)62-46(33-42-21-25-44(61)26-22-42)52(72)64-47(32-39-16-11-12-17-39)53(73)65-48(34-41-19-23-43(60)24-20-41)58(78)68(5)50(35-40-14-9-8-10-15-40)59(79)70-28-13-18-49(70)54(74)63-45(27-30-80-6)57(77)67(37)4/h37-50H,8-36H2,1-7H3,(H,62,71)(H,63,74)(H,64,72)(H,65,73)/t37-,38+,41?,42?,43?,44?,45-,46-,47-,48-,49+,50-/m0/s1. The van der Waals surface area contributed by atoms with Gasteiger partial charge in [-0.3, -0.25) is 43.2 Å². The number of halogens is 2. The molecule has 0 aromatic heterocycles. The topological polar surface area (TPSA) is 236 Å². The Kier molecular flexibility index (Phi) is 25.8. The van der Waals surface area contributed by atoms with E-state index in [1.165, 1.54) is 66.7 Å². The van der Waals surface area contributed by atoms with Crippen molar-refractivity contribution in [3.05, 3.63) is 0 Å². The lowest BCUT2D eigenvalue weighted by Gasteiger charge is -2.38. The summed E-state index contributed by atoms with van der Waals surface area (Å²) in [7, 11) is 7.37. The summed E-state index contributed by atoms with van der Waals surface area (Å²) in [4.78, 5) is 140. The summed E-state index contributed by atoms with van der Waals surface area (Å²) in [5.74, 6) is -5.05. The summed E-state index contributed by atoms with van der Waals surface area (Å²) in [6.45, 7) is 2.77. The zero-order valence-electron chi connectivity index (χ0n) is 49.6. The molecule has 6 rings (SSSR count). The summed E-state index contributed by atoms with van der Waals surface area (Å²) in [5.41, 5.74) is 0. The van der Waals surface area contributed by atoms with E-state index in [0.29, 0.717) is 44.9 Å². The van der Waals surface area contributed by atoms with Crippen molar-refractivity contribution < 1.29 is 57.0 Å². The number of fused-ring (bicyclic) bond motifs is 1. The highest BCUT2D eigenvalue weighted by Gasteiger charge is 2.45. The fourth-order valence-electron chi connectivity index (χ4n) is 13.4. The number of hydrogen-bond donors (Lipinski definition) is 4. The summed E-state index contributed by atoms with van der Waals surface area (Å²) >= 11 is 6.59. The molecule has 20 nitrogen and oxygen atoms in total. The first-order valence-electron chi connectivity index (χ1n) is 30.6. The minimum Gasteiger partial charge on any atom is -0.385 e. The molecule has 4 saturated carbocycles. The molecule has 458 valence electrons. The van der Waals surface area contributed by atoms with Crippen LogP contribution in [0.5, 0.6) is 0 Å². The number of carbonyl (C=O) groups excluding carboxylic acids is 9. The molecule has 4 aliphatic carbocycles. The van der Waals surface area contributed by atoms with Gasteiger partial charge in [0.25, 0.3) is 0 Å². The fraction of sp³-hybridized carbons (Fsp3) is 0.847. The number of alkyl halides is 2. The molecular weight excluding hydrogens is 1070 g/mol. The Bertz CT molecular complexity index is 2140. The number of likely N-dealkylation sites (N-methyl/N-ethyl adjacent to an activating group) is 3. The van der Waals surface area contributed by atoms with Gasteiger partial charge >= 0.3 is 0 Å². The first-order valence-corrected chi connectivity index (χ1v) is 31.0. The number of hydrogen-bond acceptors (Lipinski definition) is 11. The second kappa shape index (κ2) is 31.9. The Labute approximate surface area is 485 Å². The molecule has 4 N–H and O–H groups in total. The van der Waals surface area contributed by atoms with E-state index < -0.39 is 114 Å². The normalized spacial score (nSPS) is 32.6. The SMILES string of the molecule is COCC[C@@H]1NC(=O)[C@H]2CCCN2C(=O)[C@H](CC2CCCCC2)N(C)C(=O)[C@H](CC2CCC(Cl)CC2)NC(=O)[C@H](CC2CCCC2)NC(=O)[C@H](CC2CCC(F)CC2)NC(=O)CN(CCOC)C(=O)[C@@H](C)N(C)C(=O)[C@H](C)N(C)C1=O. The van der Waals surface area contributed by atoms with E-state index in [4.69, 9.17) is 21.1 Å². The first-order chi connectivity index (χ1) is 38.7. The Hall–Kier alpha value is -4.63. The van der Waals surface area contributed by atoms with Gasteiger partial charge in [0.15, 0.2) is 0 Å². The molecule has 6 fully saturated rings. The highest BCUT2D eigenvalue weighted by Crippen LogP contribution is 2.35. The lowest BCUT2D eigenvalue weighted by atomic mass is 9.83. The van der Waals surface area contributed by atoms with E-state index in [1.54, 1.807) is 7.05 Å². The number of nitrogens with one attached hydrogen (secondary N) is 4. The van der Waals surface area contributed by atoms with E-state index in [-0.39, 0.29) is 81.0 Å². The van der Waals surface area contributed by atoms with E-state index in [2.05, 4.69) is 21.3 Å². The molecule has 2 aliphatic heterocycles. The van der Waals surface area contributed by atoms with Crippen LogP contribution in [-0.4, -0.2) is 206 Å². The lowest BCUT2D eigenvalue weighted by molar-refractivity contribution is -0.151. The maximum absolute atomic E-state index is 15.5. The Morgan fingerprint density at radius 3 is 1.58 bits per heavy atom. The van der Waals surface area contributed by atoms with Gasteiger partial charge in [-0.2, -0.15) is 0 Å². The quantitative estimate of drug-likeness (QED) is 0.175. The average molecular weight is 1160 g/mol. The molecule has 0 aromatic carbocycles. The van der Waals surface area contributed by atoms with Crippen LogP contribution in [0.3, 0.4) is 0 Å². The van der Waals surface area contributed by atoms with Gasteiger partial charge in [-0.25, -0.2) is 4.39 Å². The Morgan fingerprint density at radius 1 is 0.494 bits per heavy atom. The highest BCUT2D eigenvalue weighted by molar-refractivity contribution is 6.20. The highest BCUT2D eigenvalue weighted by atomic mass is 35.5. The van der Waals surface area contributed by atoms with Crippen LogP contribution in [0.2, 0.25) is 0 Å². The van der Waals surface area contributed by atoms with Gasteiger partial charge in [-0.15, -0.1) is 11.6 Å². The zero-order chi connectivity index (χ0) is 58.9. The third kappa shape index (κ3) is 18.4. The smallest absolute Gasteiger partial charge is 0.246 e. The van der Waals surface area contributed by atoms with Crippen LogP contribution in [0.15, 0.2) is 0 Å². The summed E-state index contributed by atoms with van der Waals surface area (Å²) in [5, 5.41) is 11.9. The van der Waals surface area contributed by atoms with Crippen molar-refractivity contribution in [2.45, 2.75) is 228 Å². The molecule has 2 heterocycles. The van der Waals surface area contributed by atoms with Crippen LogP contribution >= 0.6 is 11.6 Å². The number of ether oxygens (including phenoxy) is 2. The molecule has 2 saturated heterocycles. The van der Waals surface area contributed by atoms with Crippen LogP contribution in [0, 0.1) is 23.7 Å². The maximum Gasteiger partial charge on any atom is 0.246 e. The van der Waals surface area contributed by atoms with Gasteiger partial charge in [-0.1, -0.05) is 57.8 Å². The van der Waals surface area contributed by atoms with Gasteiger partial charge in [-0.05, 0) is 134 Å².